The van der Waals surface area contributed by atoms with Gasteiger partial charge in [0.2, 0.25) is 0 Å². The van der Waals surface area contributed by atoms with Crippen molar-refractivity contribution in [3.05, 3.63) is 0 Å². The van der Waals surface area contributed by atoms with Crippen LogP contribution in [-0.2, 0) is 4.74 Å². The predicted molar refractivity (Wildman–Crippen MR) is 60.5 cm³/mol. The molecule has 14 heavy (non-hydrogen) atoms. The Morgan fingerprint density at radius 3 is 1.93 bits per heavy atom. The first kappa shape index (κ1) is 13.9. The summed E-state index contributed by atoms with van der Waals surface area (Å²) < 4.78 is 5.68. The van der Waals surface area contributed by atoms with Gasteiger partial charge in [0.15, 0.2) is 0 Å². The molecule has 2 nitrogen and oxygen atoms in total. The molecule has 0 aromatic rings. The Bertz CT molecular complexity index is 126. The molecule has 2 heteroatoms. The van der Waals surface area contributed by atoms with Crippen LogP contribution >= 0.6 is 0 Å². The summed E-state index contributed by atoms with van der Waals surface area (Å²) >= 11 is 0. The normalized spacial score (nSPS) is 12.4. The van der Waals surface area contributed by atoms with Crippen LogP contribution < -0.4 is 0 Å². The third-order valence-electron chi connectivity index (χ3n) is 3.15. The third kappa shape index (κ3) is 4.97. The molecule has 0 fully saturated rings. The minimum absolute atomic E-state index is 0.368. The minimum Gasteiger partial charge on any atom is -0.390 e. The molecule has 0 aliphatic rings. The summed E-state index contributed by atoms with van der Waals surface area (Å²) in [6.45, 7) is 9.02. The summed E-state index contributed by atoms with van der Waals surface area (Å²) in [6, 6.07) is 0. The Labute approximate surface area is 88.7 Å². The van der Waals surface area contributed by atoms with Gasteiger partial charge in [0.25, 0.3) is 0 Å². The Kier molecular flexibility index (Phi) is 7.20. The van der Waals surface area contributed by atoms with E-state index in [-0.39, 0.29) is 0 Å². The lowest BCUT2D eigenvalue weighted by atomic mass is 9.94. The molecule has 0 atom stereocenters. The summed E-state index contributed by atoms with van der Waals surface area (Å²) in [4.78, 5) is 0. The lowest BCUT2D eigenvalue weighted by Gasteiger charge is -2.26. The van der Waals surface area contributed by atoms with E-state index in [0.29, 0.717) is 12.7 Å². The number of ether oxygens (including phenoxy) is 1. The van der Waals surface area contributed by atoms with Crippen LogP contribution in [0.2, 0.25) is 0 Å². The van der Waals surface area contributed by atoms with Gasteiger partial charge in [-0.2, -0.15) is 0 Å². The highest BCUT2D eigenvalue weighted by atomic mass is 16.5. The van der Waals surface area contributed by atoms with Crippen molar-refractivity contribution in [2.75, 3.05) is 6.61 Å². The molecule has 0 saturated carbocycles. The van der Waals surface area contributed by atoms with E-state index < -0.39 is 5.60 Å². The number of rotatable bonds is 8. The van der Waals surface area contributed by atoms with Gasteiger partial charge in [-0.3, -0.25) is 0 Å². The molecule has 86 valence electrons. The molecular formula is C12H26O2. The van der Waals surface area contributed by atoms with Crippen LogP contribution in [0, 0.1) is 0 Å². The fourth-order valence-electron chi connectivity index (χ4n) is 1.54. The van der Waals surface area contributed by atoms with Crippen LogP contribution in [0.1, 0.15) is 59.8 Å². The Morgan fingerprint density at radius 2 is 1.57 bits per heavy atom. The van der Waals surface area contributed by atoms with Crippen molar-refractivity contribution < 1.29 is 9.84 Å². The van der Waals surface area contributed by atoms with Gasteiger partial charge < -0.3 is 9.84 Å². The molecule has 0 unspecified atom stereocenters. The molecule has 0 aromatic heterocycles. The van der Waals surface area contributed by atoms with E-state index in [0.717, 1.165) is 32.1 Å². The zero-order chi connectivity index (χ0) is 11.0. The minimum atomic E-state index is -0.508. The first-order valence-electron chi connectivity index (χ1n) is 5.95. The van der Waals surface area contributed by atoms with Crippen LogP contribution in [0.3, 0.4) is 0 Å². The van der Waals surface area contributed by atoms with E-state index in [1.165, 1.54) is 0 Å². The van der Waals surface area contributed by atoms with Gasteiger partial charge in [-0.15, -0.1) is 0 Å². The Hall–Kier alpha value is -0.0800. The molecule has 0 aromatic carbocycles. The fraction of sp³-hybridized carbons (Fsp3) is 1.00. The molecular weight excluding hydrogens is 176 g/mol. The standard InChI is InChI=1S/C12H26O2/c1-5-11(6-2)14-10-9-12(13,7-3)8-4/h11,13H,5-10H2,1-4H3. The summed E-state index contributed by atoms with van der Waals surface area (Å²) in [5, 5.41) is 10.0. The van der Waals surface area contributed by atoms with Crippen molar-refractivity contribution in [2.24, 2.45) is 0 Å². The van der Waals surface area contributed by atoms with Crippen molar-refractivity contribution in [2.45, 2.75) is 71.5 Å². The number of hydrogen-bond acceptors (Lipinski definition) is 2. The fourth-order valence-corrected chi connectivity index (χ4v) is 1.54. The van der Waals surface area contributed by atoms with Gasteiger partial charge in [-0.1, -0.05) is 27.7 Å². The highest BCUT2D eigenvalue weighted by Gasteiger charge is 2.21. The van der Waals surface area contributed by atoms with Crippen molar-refractivity contribution in [3.63, 3.8) is 0 Å². The maximum absolute atomic E-state index is 10.0. The van der Waals surface area contributed by atoms with Crippen LogP contribution in [-0.4, -0.2) is 23.4 Å². The molecule has 0 rings (SSSR count). The molecule has 0 heterocycles. The van der Waals surface area contributed by atoms with Gasteiger partial charge >= 0.3 is 0 Å². The maximum atomic E-state index is 10.0. The lowest BCUT2D eigenvalue weighted by Crippen LogP contribution is -2.29. The summed E-state index contributed by atoms with van der Waals surface area (Å²) in [5.41, 5.74) is -0.508. The van der Waals surface area contributed by atoms with E-state index in [1.807, 2.05) is 13.8 Å². The summed E-state index contributed by atoms with van der Waals surface area (Å²) in [6.07, 6.45) is 4.88. The van der Waals surface area contributed by atoms with E-state index >= 15 is 0 Å². The highest BCUT2D eigenvalue weighted by Crippen LogP contribution is 2.19. The smallest absolute Gasteiger partial charge is 0.0664 e. The molecule has 0 amide bonds. The van der Waals surface area contributed by atoms with E-state index in [4.69, 9.17) is 4.74 Å². The van der Waals surface area contributed by atoms with Crippen LogP contribution in [0.15, 0.2) is 0 Å². The quantitative estimate of drug-likeness (QED) is 0.655. The monoisotopic (exact) mass is 202 g/mol. The van der Waals surface area contributed by atoms with Crippen LogP contribution in [0.5, 0.6) is 0 Å². The first-order chi connectivity index (χ1) is 6.61. The molecule has 0 aliphatic carbocycles. The number of aliphatic hydroxyl groups is 1. The summed E-state index contributed by atoms with van der Waals surface area (Å²) in [5.74, 6) is 0. The van der Waals surface area contributed by atoms with E-state index in [2.05, 4.69) is 13.8 Å². The predicted octanol–water partition coefficient (Wildman–Crippen LogP) is 3.13. The number of hydrogen-bond donors (Lipinski definition) is 1. The maximum Gasteiger partial charge on any atom is 0.0664 e. The van der Waals surface area contributed by atoms with Gasteiger partial charge in [-0.05, 0) is 32.1 Å². The second-order valence-corrected chi connectivity index (χ2v) is 3.99. The molecule has 1 N–H and O–H groups in total. The third-order valence-corrected chi connectivity index (χ3v) is 3.15. The van der Waals surface area contributed by atoms with Crippen molar-refractivity contribution in [1.29, 1.82) is 0 Å². The van der Waals surface area contributed by atoms with Gasteiger partial charge in [0.05, 0.1) is 11.7 Å². The van der Waals surface area contributed by atoms with Gasteiger partial charge in [0.1, 0.15) is 0 Å². The first-order valence-corrected chi connectivity index (χ1v) is 5.95. The largest absolute Gasteiger partial charge is 0.390 e. The van der Waals surface area contributed by atoms with Gasteiger partial charge in [0, 0.05) is 6.61 Å². The topological polar surface area (TPSA) is 29.5 Å². The second-order valence-electron chi connectivity index (χ2n) is 3.99. The van der Waals surface area contributed by atoms with Crippen molar-refractivity contribution in [1.82, 2.24) is 0 Å². The van der Waals surface area contributed by atoms with Crippen LogP contribution in [0.25, 0.3) is 0 Å². The Morgan fingerprint density at radius 1 is 1.07 bits per heavy atom. The molecule has 0 radical (unpaired) electrons. The van der Waals surface area contributed by atoms with E-state index in [1.54, 1.807) is 0 Å². The zero-order valence-corrected chi connectivity index (χ0v) is 10.2. The second kappa shape index (κ2) is 7.24. The SMILES string of the molecule is CCC(CC)OCCC(O)(CC)CC. The average molecular weight is 202 g/mol. The molecule has 0 aliphatic heterocycles. The average Bonchev–Trinajstić information content (AvgIpc) is 2.24. The lowest BCUT2D eigenvalue weighted by molar-refractivity contribution is -0.0268. The van der Waals surface area contributed by atoms with Crippen LogP contribution in [0.4, 0.5) is 0 Å². The summed E-state index contributed by atoms with van der Waals surface area (Å²) in [7, 11) is 0. The highest BCUT2D eigenvalue weighted by molar-refractivity contribution is 4.74. The molecule has 0 spiro atoms. The Balaban J connectivity index is 3.70. The van der Waals surface area contributed by atoms with Crippen molar-refractivity contribution in [3.8, 4) is 0 Å². The molecule has 0 saturated heterocycles. The molecule has 0 bridgehead atoms. The zero-order valence-electron chi connectivity index (χ0n) is 10.2. The van der Waals surface area contributed by atoms with Gasteiger partial charge in [-0.25, -0.2) is 0 Å². The van der Waals surface area contributed by atoms with E-state index in [9.17, 15) is 5.11 Å². The van der Waals surface area contributed by atoms with Crippen molar-refractivity contribution >= 4 is 0 Å².